The molecule has 1 fully saturated rings. The summed E-state index contributed by atoms with van der Waals surface area (Å²) in [7, 11) is 0. The summed E-state index contributed by atoms with van der Waals surface area (Å²) in [5.41, 5.74) is 0.517. The van der Waals surface area contributed by atoms with Crippen molar-refractivity contribution < 1.29 is 14.4 Å². The van der Waals surface area contributed by atoms with Gasteiger partial charge in [0.2, 0.25) is 5.91 Å². The second-order valence-corrected chi connectivity index (χ2v) is 5.22. The molecule has 1 aromatic rings. The Kier molecular flexibility index (Phi) is 3.47. The Morgan fingerprint density at radius 1 is 1.50 bits per heavy atom. The molecule has 1 atom stereocenters. The standard InChI is InChI=1S/C12H14N2O3S/c1-7(2)14-10(15)5-9(12(14)17)13-11(16)8-3-4-18-6-8/h3-4,6-7,9H,5H2,1-2H3,(H,13,16)/t9-/m1/s1. The molecule has 5 nitrogen and oxygen atoms in total. The number of carbonyl (C=O) groups excluding carboxylic acids is 3. The number of likely N-dealkylation sites (tertiary alicyclic amines) is 1. The topological polar surface area (TPSA) is 66.5 Å². The third-order valence-electron chi connectivity index (χ3n) is 2.79. The minimum absolute atomic E-state index is 0.0485. The zero-order valence-corrected chi connectivity index (χ0v) is 11.0. The number of nitrogens with one attached hydrogen (secondary N) is 1. The van der Waals surface area contributed by atoms with Crippen LogP contribution in [-0.2, 0) is 9.59 Å². The number of amides is 3. The number of imide groups is 1. The molecule has 1 saturated heterocycles. The van der Waals surface area contributed by atoms with Crippen LogP contribution < -0.4 is 5.32 Å². The smallest absolute Gasteiger partial charge is 0.252 e. The van der Waals surface area contributed by atoms with Gasteiger partial charge in [0, 0.05) is 11.4 Å². The van der Waals surface area contributed by atoms with Crippen LogP contribution in [0.15, 0.2) is 16.8 Å². The first-order valence-corrected chi connectivity index (χ1v) is 6.64. The highest BCUT2D eigenvalue weighted by Crippen LogP contribution is 2.17. The SMILES string of the molecule is CC(C)N1C(=O)C[C@@H](NC(=O)c2ccsc2)C1=O. The van der Waals surface area contributed by atoms with E-state index in [0.717, 1.165) is 0 Å². The number of rotatable bonds is 3. The van der Waals surface area contributed by atoms with E-state index in [2.05, 4.69) is 5.32 Å². The molecule has 6 heteroatoms. The lowest BCUT2D eigenvalue weighted by Crippen LogP contribution is -2.43. The summed E-state index contributed by atoms with van der Waals surface area (Å²) in [5, 5.41) is 6.10. The summed E-state index contributed by atoms with van der Waals surface area (Å²) in [4.78, 5) is 36.6. The van der Waals surface area contributed by atoms with Crippen molar-refractivity contribution in [3.63, 3.8) is 0 Å². The largest absolute Gasteiger partial charge is 0.340 e. The van der Waals surface area contributed by atoms with E-state index in [1.165, 1.54) is 16.2 Å². The molecule has 0 aliphatic carbocycles. The summed E-state index contributed by atoms with van der Waals surface area (Å²) in [6.07, 6.45) is 0.0485. The van der Waals surface area contributed by atoms with E-state index in [1.807, 2.05) is 0 Å². The minimum Gasteiger partial charge on any atom is -0.340 e. The predicted octanol–water partition coefficient (Wildman–Crippen LogP) is 1.01. The fourth-order valence-corrected chi connectivity index (χ4v) is 2.58. The molecule has 2 heterocycles. The van der Waals surface area contributed by atoms with Gasteiger partial charge in [-0.1, -0.05) is 0 Å². The van der Waals surface area contributed by atoms with Crippen molar-refractivity contribution in [3.8, 4) is 0 Å². The number of nitrogens with zero attached hydrogens (tertiary/aromatic N) is 1. The molecule has 0 saturated carbocycles. The maximum Gasteiger partial charge on any atom is 0.252 e. The highest BCUT2D eigenvalue weighted by atomic mass is 32.1. The fourth-order valence-electron chi connectivity index (χ4n) is 1.94. The Labute approximate surface area is 109 Å². The highest BCUT2D eigenvalue weighted by molar-refractivity contribution is 7.08. The fraction of sp³-hybridized carbons (Fsp3) is 0.417. The van der Waals surface area contributed by atoms with Crippen molar-refractivity contribution in [1.29, 1.82) is 0 Å². The van der Waals surface area contributed by atoms with Crippen molar-refractivity contribution in [3.05, 3.63) is 22.4 Å². The molecule has 3 amide bonds. The van der Waals surface area contributed by atoms with E-state index in [-0.39, 0.29) is 30.2 Å². The van der Waals surface area contributed by atoms with E-state index < -0.39 is 6.04 Å². The van der Waals surface area contributed by atoms with Crippen molar-refractivity contribution in [2.24, 2.45) is 0 Å². The molecular formula is C12H14N2O3S. The Morgan fingerprint density at radius 2 is 2.22 bits per heavy atom. The first kappa shape index (κ1) is 12.8. The zero-order chi connectivity index (χ0) is 13.3. The normalized spacial score (nSPS) is 19.7. The molecule has 0 aromatic carbocycles. The van der Waals surface area contributed by atoms with E-state index in [1.54, 1.807) is 30.7 Å². The molecule has 1 aliphatic rings. The van der Waals surface area contributed by atoms with Crippen molar-refractivity contribution in [1.82, 2.24) is 10.2 Å². The van der Waals surface area contributed by atoms with Gasteiger partial charge >= 0.3 is 0 Å². The van der Waals surface area contributed by atoms with Gasteiger partial charge in [-0.15, -0.1) is 0 Å². The molecule has 0 radical (unpaired) electrons. The van der Waals surface area contributed by atoms with E-state index in [9.17, 15) is 14.4 Å². The van der Waals surface area contributed by atoms with E-state index >= 15 is 0 Å². The molecule has 0 bridgehead atoms. The molecule has 1 N–H and O–H groups in total. The first-order valence-electron chi connectivity index (χ1n) is 5.69. The summed E-state index contributed by atoms with van der Waals surface area (Å²) in [6, 6.07) is 0.780. The van der Waals surface area contributed by atoms with Gasteiger partial charge in [-0.2, -0.15) is 11.3 Å². The second-order valence-electron chi connectivity index (χ2n) is 4.44. The van der Waals surface area contributed by atoms with Crippen molar-refractivity contribution >= 4 is 29.1 Å². The molecule has 0 unspecified atom stereocenters. The van der Waals surface area contributed by atoms with E-state index in [4.69, 9.17) is 0 Å². The molecule has 0 spiro atoms. The van der Waals surface area contributed by atoms with Crippen LogP contribution in [0.3, 0.4) is 0 Å². The first-order chi connectivity index (χ1) is 8.50. The quantitative estimate of drug-likeness (QED) is 0.830. The number of carbonyl (C=O) groups is 3. The van der Waals surface area contributed by atoms with Crippen LogP contribution in [0.1, 0.15) is 30.6 Å². The van der Waals surface area contributed by atoms with Crippen LogP contribution in [-0.4, -0.2) is 34.7 Å². The van der Waals surface area contributed by atoms with Gasteiger partial charge < -0.3 is 5.32 Å². The number of hydrogen-bond acceptors (Lipinski definition) is 4. The molecule has 1 aliphatic heterocycles. The lowest BCUT2D eigenvalue weighted by atomic mass is 10.2. The van der Waals surface area contributed by atoms with Crippen LogP contribution >= 0.6 is 11.3 Å². The molecule has 96 valence electrons. The van der Waals surface area contributed by atoms with Crippen LogP contribution in [0.4, 0.5) is 0 Å². The van der Waals surface area contributed by atoms with Crippen LogP contribution in [0, 0.1) is 0 Å². The number of hydrogen-bond donors (Lipinski definition) is 1. The Morgan fingerprint density at radius 3 is 2.72 bits per heavy atom. The van der Waals surface area contributed by atoms with Gasteiger partial charge in [0.05, 0.1) is 12.0 Å². The highest BCUT2D eigenvalue weighted by Gasteiger charge is 2.40. The third-order valence-corrected chi connectivity index (χ3v) is 3.47. The summed E-state index contributed by atoms with van der Waals surface area (Å²) in [6.45, 7) is 3.55. The van der Waals surface area contributed by atoms with Gasteiger partial charge in [0.15, 0.2) is 0 Å². The molecule has 18 heavy (non-hydrogen) atoms. The molecule has 1 aromatic heterocycles. The summed E-state index contributed by atoms with van der Waals surface area (Å²) < 4.78 is 0. The number of thiophene rings is 1. The predicted molar refractivity (Wildman–Crippen MR) is 67.2 cm³/mol. The van der Waals surface area contributed by atoms with Crippen LogP contribution in [0.25, 0.3) is 0 Å². The van der Waals surface area contributed by atoms with Crippen LogP contribution in [0.5, 0.6) is 0 Å². The lowest BCUT2D eigenvalue weighted by molar-refractivity contribution is -0.140. The monoisotopic (exact) mass is 266 g/mol. The minimum atomic E-state index is -0.729. The molecule has 2 rings (SSSR count). The Balaban J connectivity index is 2.06. The van der Waals surface area contributed by atoms with Gasteiger partial charge in [0.25, 0.3) is 11.8 Å². The lowest BCUT2D eigenvalue weighted by Gasteiger charge is -2.19. The average molecular weight is 266 g/mol. The zero-order valence-electron chi connectivity index (χ0n) is 10.2. The van der Waals surface area contributed by atoms with Gasteiger partial charge in [-0.3, -0.25) is 19.3 Å². The van der Waals surface area contributed by atoms with Crippen molar-refractivity contribution in [2.45, 2.75) is 32.4 Å². The maximum absolute atomic E-state index is 12.0. The Bertz CT molecular complexity index is 482. The van der Waals surface area contributed by atoms with Gasteiger partial charge in [-0.05, 0) is 25.3 Å². The summed E-state index contributed by atoms with van der Waals surface area (Å²) >= 11 is 1.41. The Hall–Kier alpha value is -1.69. The summed E-state index contributed by atoms with van der Waals surface area (Å²) in [5.74, 6) is -0.864. The van der Waals surface area contributed by atoms with Crippen LogP contribution in [0.2, 0.25) is 0 Å². The van der Waals surface area contributed by atoms with E-state index in [0.29, 0.717) is 5.56 Å². The van der Waals surface area contributed by atoms with Gasteiger partial charge in [-0.25, -0.2) is 0 Å². The average Bonchev–Trinajstić information content (AvgIpc) is 2.88. The van der Waals surface area contributed by atoms with Gasteiger partial charge in [0.1, 0.15) is 6.04 Å². The third kappa shape index (κ3) is 2.28. The maximum atomic E-state index is 12.0. The second kappa shape index (κ2) is 4.89. The van der Waals surface area contributed by atoms with Crippen molar-refractivity contribution in [2.75, 3.05) is 0 Å². The molecular weight excluding hydrogens is 252 g/mol.